The molecular formula is C17H17ClN2O. The van der Waals surface area contributed by atoms with Crippen LogP contribution in [0, 0.1) is 6.92 Å². The summed E-state index contributed by atoms with van der Waals surface area (Å²) < 4.78 is 0. The Morgan fingerprint density at radius 1 is 1.24 bits per heavy atom. The molecule has 3 nitrogen and oxygen atoms in total. The first-order chi connectivity index (χ1) is 10.1. The Morgan fingerprint density at radius 2 is 2.05 bits per heavy atom. The summed E-state index contributed by atoms with van der Waals surface area (Å²) in [6, 6.07) is 13.5. The fourth-order valence-corrected chi connectivity index (χ4v) is 2.83. The first-order valence-electron chi connectivity index (χ1n) is 7.08. The molecule has 0 saturated heterocycles. The zero-order chi connectivity index (χ0) is 14.8. The number of hydrogen-bond acceptors (Lipinski definition) is 1. The Kier molecular flexibility index (Phi) is 3.84. The number of fused-ring (bicyclic) bond motifs is 1. The molecular weight excluding hydrogens is 284 g/mol. The summed E-state index contributed by atoms with van der Waals surface area (Å²) in [5.41, 5.74) is 3.98. The third kappa shape index (κ3) is 2.88. The molecule has 108 valence electrons. The van der Waals surface area contributed by atoms with Gasteiger partial charge >= 0.3 is 6.03 Å². The molecule has 1 aliphatic rings. The number of benzene rings is 2. The topological polar surface area (TPSA) is 32.3 Å². The maximum Gasteiger partial charge on any atom is 0.326 e. The van der Waals surface area contributed by atoms with Gasteiger partial charge < -0.3 is 5.32 Å². The molecule has 0 fully saturated rings. The zero-order valence-corrected chi connectivity index (χ0v) is 12.7. The highest BCUT2D eigenvalue weighted by molar-refractivity contribution is 6.31. The number of hydrogen-bond donors (Lipinski definition) is 1. The van der Waals surface area contributed by atoms with Crippen LogP contribution in [0.3, 0.4) is 0 Å². The minimum Gasteiger partial charge on any atom is -0.307 e. The lowest BCUT2D eigenvalue weighted by Gasteiger charge is -2.29. The summed E-state index contributed by atoms with van der Waals surface area (Å²) in [6.07, 6.45) is 2.01. The minimum atomic E-state index is -0.104. The number of nitrogens with one attached hydrogen (secondary N) is 1. The van der Waals surface area contributed by atoms with Crippen LogP contribution in [0.1, 0.15) is 17.5 Å². The lowest BCUT2D eigenvalue weighted by atomic mass is 10.0. The van der Waals surface area contributed by atoms with Gasteiger partial charge in [0.05, 0.1) is 0 Å². The van der Waals surface area contributed by atoms with Gasteiger partial charge in [0.1, 0.15) is 0 Å². The van der Waals surface area contributed by atoms with Crippen LogP contribution in [-0.4, -0.2) is 12.6 Å². The smallest absolute Gasteiger partial charge is 0.307 e. The van der Waals surface area contributed by atoms with Gasteiger partial charge in [0.2, 0.25) is 0 Å². The van der Waals surface area contributed by atoms with Crippen molar-refractivity contribution in [2.24, 2.45) is 0 Å². The van der Waals surface area contributed by atoms with Crippen molar-refractivity contribution in [1.29, 1.82) is 0 Å². The van der Waals surface area contributed by atoms with Crippen molar-refractivity contribution in [3.63, 3.8) is 0 Å². The molecule has 2 amide bonds. The van der Waals surface area contributed by atoms with E-state index >= 15 is 0 Å². The number of rotatable bonds is 1. The van der Waals surface area contributed by atoms with E-state index < -0.39 is 0 Å². The van der Waals surface area contributed by atoms with Gasteiger partial charge in [-0.05, 0) is 49.1 Å². The Labute approximate surface area is 129 Å². The molecule has 1 heterocycles. The standard InChI is InChI=1S/C17H17ClN2O/c1-12-8-9-14(18)11-15(12)19-17(21)20-10-4-6-13-5-2-3-7-16(13)20/h2-3,5,7-9,11H,4,6,10H2,1H3,(H,19,21). The monoisotopic (exact) mass is 300 g/mol. The number of anilines is 2. The first kappa shape index (κ1) is 14.0. The summed E-state index contributed by atoms with van der Waals surface area (Å²) in [4.78, 5) is 14.4. The van der Waals surface area contributed by atoms with E-state index in [-0.39, 0.29) is 6.03 Å². The first-order valence-corrected chi connectivity index (χ1v) is 7.45. The van der Waals surface area contributed by atoms with Gasteiger partial charge in [0.25, 0.3) is 0 Å². The summed E-state index contributed by atoms with van der Waals surface area (Å²) in [6.45, 7) is 2.69. The van der Waals surface area contributed by atoms with Gasteiger partial charge in [0, 0.05) is 22.9 Å². The highest BCUT2D eigenvalue weighted by Crippen LogP contribution is 2.28. The SMILES string of the molecule is Cc1ccc(Cl)cc1NC(=O)N1CCCc2ccccc21. The Balaban J connectivity index is 1.85. The van der Waals surface area contributed by atoms with Crippen LogP contribution >= 0.6 is 11.6 Å². The van der Waals surface area contributed by atoms with Gasteiger partial charge in [-0.1, -0.05) is 35.9 Å². The number of para-hydroxylation sites is 1. The molecule has 1 aliphatic heterocycles. The number of nitrogens with zero attached hydrogens (tertiary/aromatic N) is 1. The highest BCUT2D eigenvalue weighted by Gasteiger charge is 2.22. The normalized spacial score (nSPS) is 13.7. The van der Waals surface area contributed by atoms with E-state index in [1.54, 1.807) is 11.0 Å². The molecule has 0 aliphatic carbocycles. The molecule has 0 unspecified atom stereocenters. The van der Waals surface area contributed by atoms with E-state index in [0.29, 0.717) is 5.02 Å². The second kappa shape index (κ2) is 5.78. The number of aryl methyl sites for hydroxylation is 2. The van der Waals surface area contributed by atoms with Crippen LogP contribution in [0.25, 0.3) is 0 Å². The van der Waals surface area contributed by atoms with Crippen molar-refractivity contribution < 1.29 is 4.79 Å². The highest BCUT2D eigenvalue weighted by atomic mass is 35.5. The van der Waals surface area contributed by atoms with Crippen LogP contribution in [-0.2, 0) is 6.42 Å². The Bertz CT molecular complexity index is 684. The molecule has 0 atom stereocenters. The van der Waals surface area contributed by atoms with E-state index in [0.717, 1.165) is 36.3 Å². The lowest BCUT2D eigenvalue weighted by molar-refractivity contribution is 0.256. The van der Waals surface area contributed by atoms with Crippen molar-refractivity contribution in [3.8, 4) is 0 Å². The predicted molar refractivity (Wildman–Crippen MR) is 87.3 cm³/mol. The molecule has 0 saturated carbocycles. The third-order valence-electron chi connectivity index (χ3n) is 3.80. The number of urea groups is 1. The summed E-state index contributed by atoms with van der Waals surface area (Å²) >= 11 is 6.00. The lowest BCUT2D eigenvalue weighted by Crippen LogP contribution is -2.38. The van der Waals surface area contributed by atoms with Crippen molar-refractivity contribution >= 4 is 29.0 Å². The Morgan fingerprint density at radius 3 is 2.90 bits per heavy atom. The fourth-order valence-electron chi connectivity index (χ4n) is 2.66. The third-order valence-corrected chi connectivity index (χ3v) is 4.03. The van der Waals surface area contributed by atoms with Crippen molar-refractivity contribution in [1.82, 2.24) is 0 Å². The molecule has 4 heteroatoms. The van der Waals surface area contributed by atoms with Crippen LogP contribution in [0.2, 0.25) is 5.02 Å². The number of carbonyl (C=O) groups excluding carboxylic acids is 1. The van der Waals surface area contributed by atoms with Crippen molar-refractivity contribution in [2.45, 2.75) is 19.8 Å². The fraction of sp³-hybridized carbons (Fsp3) is 0.235. The largest absolute Gasteiger partial charge is 0.326 e. The average molecular weight is 301 g/mol. The summed E-state index contributed by atoms with van der Waals surface area (Å²) in [7, 11) is 0. The predicted octanol–water partition coefficient (Wildman–Crippen LogP) is 4.63. The van der Waals surface area contributed by atoms with E-state index in [2.05, 4.69) is 11.4 Å². The summed E-state index contributed by atoms with van der Waals surface area (Å²) in [5.74, 6) is 0. The van der Waals surface area contributed by atoms with Crippen molar-refractivity contribution in [3.05, 3.63) is 58.6 Å². The van der Waals surface area contributed by atoms with Gasteiger partial charge in [-0.15, -0.1) is 0 Å². The number of carbonyl (C=O) groups is 1. The van der Waals surface area contributed by atoms with E-state index in [1.807, 2.05) is 37.3 Å². The average Bonchev–Trinajstić information content (AvgIpc) is 2.50. The second-order valence-corrected chi connectivity index (χ2v) is 5.71. The molecule has 0 spiro atoms. The molecule has 0 radical (unpaired) electrons. The van der Waals surface area contributed by atoms with Gasteiger partial charge in [-0.25, -0.2) is 4.79 Å². The quantitative estimate of drug-likeness (QED) is 0.818. The van der Waals surface area contributed by atoms with E-state index in [4.69, 9.17) is 11.6 Å². The van der Waals surface area contributed by atoms with E-state index in [9.17, 15) is 4.79 Å². The minimum absolute atomic E-state index is 0.104. The van der Waals surface area contributed by atoms with Crippen LogP contribution < -0.4 is 10.2 Å². The molecule has 2 aromatic rings. The van der Waals surface area contributed by atoms with Crippen molar-refractivity contribution in [2.75, 3.05) is 16.8 Å². The van der Waals surface area contributed by atoms with Gasteiger partial charge in [-0.3, -0.25) is 4.90 Å². The van der Waals surface area contributed by atoms with Gasteiger partial charge in [0.15, 0.2) is 0 Å². The van der Waals surface area contributed by atoms with Crippen LogP contribution in [0.5, 0.6) is 0 Å². The number of amides is 2. The molecule has 0 aromatic heterocycles. The van der Waals surface area contributed by atoms with Crippen LogP contribution in [0.4, 0.5) is 16.2 Å². The van der Waals surface area contributed by atoms with Crippen LogP contribution in [0.15, 0.2) is 42.5 Å². The molecule has 3 rings (SSSR count). The zero-order valence-electron chi connectivity index (χ0n) is 11.9. The molecule has 2 aromatic carbocycles. The summed E-state index contributed by atoms with van der Waals surface area (Å²) in [5, 5.41) is 3.58. The molecule has 0 bridgehead atoms. The number of halogens is 1. The molecule has 1 N–H and O–H groups in total. The van der Waals surface area contributed by atoms with Gasteiger partial charge in [-0.2, -0.15) is 0 Å². The maximum atomic E-state index is 12.6. The Hall–Kier alpha value is -2.00. The second-order valence-electron chi connectivity index (χ2n) is 5.27. The molecule has 21 heavy (non-hydrogen) atoms. The van der Waals surface area contributed by atoms with E-state index in [1.165, 1.54) is 5.56 Å². The maximum absolute atomic E-state index is 12.6.